The van der Waals surface area contributed by atoms with Crippen molar-refractivity contribution in [2.45, 2.75) is 61.3 Å². The molecule has 1 aliphatic heterocycles. The standard InChI is InChI=1S/C20H24N2O2S/c1-14-19(25-16-10-3-2-4-11-16)18(24-21-14)20(23)22-13-7-9-15-8-5-6-12-17(15)22/h2-4,10-11,15,17H,5-9,12-13H2,1H3. The quantitative estimate of drug-likeness (QED) is 0.782. The molecule has 1 amide bonds. The van der Waals surface area contributed by atoms with E-state index in [4.69, 9.17) is 4.52 Å². The van der Waals surface area contributed by atoms with Crippen molar-refractivity contribution in [1.29, 1.82) is 0 Å². The SMILES string of the molecule is Cc1noc(C(=O)N2CCCC3CCCCC32)c1Sc1ccccc1. The Bertz CT molecular complexity index is 741. The highest BCUT2D eigenvalue weighted by atomic mass is 32.2. The van der Waals surface area contributed by atoms with Crippen LogP contribution in [0, 0.1) is 12.8 Å². The third-order valence-corrected chi connectivity index (χ3v) is 6.66. The van der Waals surface area contributed by atoms with Crippen LogP contribution in [0.15, 0.2) is 44.6 Å². The molecule has 0 spiro atoms. The second-order valence-electron chi connectivity index (χ2n) is 7.09. The van der Waals surface area contributed by atoms with Gasteiger partial charge in [-0.1, -0.05) is 48.0 Å². The number of aromatic nitrogens is 1. The Hall–Kier alpha value is -1.75. The number of hydrogen-bond donors (Lipinski definition) is 0. The predicted octanol–water partition coefficient (Wildman–Crippen LogP) is 4.93. The molecule has 1 aliphatic carbocycles. The van der Waals surface area contributed by atoms with E-state index in [0.29, 0.717) is 17.7 Å². The van der Waals surface area contributed by atoms with E-state index in [2.05, 4.69) is 10.1 Å². The lowest BCUT2D eigenvalue weighted by Gasteiger charge is -2.43. The molecule has 132 valence electrons. The Balaban J connectivity index is 1.60. The lowest BCUT2D eigenvalue weighted by molar-refractivity contribution is 0.0350. The van der Waals surface area contributed by atoms with E-state index in [1.807, 2.05) is 37.3 Å². The van der Waals surface area contributed by atoms with Gasteiger partial charge in [0.15, 0.2) is 0 Å². The minimum Gasteiger partial charge on any atom is -0.349 e. The van der Waals surface area contributed by atoms with Gasteiger partial charge in [-0.05, 0) is 50.7 Å². The van der Waals surface area contributed by atoms with E-state index in [-0.39, 0.29) is 5.91 Å². The summed E-state index contributed by atoms with van der Waals surface area (Å²) in [6.45, 7) is 2.75. The number of carbonyl (C=O) groups is 1. The number of amides is 1. The fourth-order valence-electron chi connectivity index (χ4n) is 4.23. The van der Waals surface area contributed by atoms with Gasteiger partial charge < -0.3 is 9.42 Å². The van der Waals surface area contributed by atoms with Crippen molar-refractivity contribution in [1.82, 2.24) is 10.1 Å². The fourth-order valence-corrected chi connectivity index (χ4v) is 5.16. The average molecular weight is 356 g/mol. The molecule has 1 saturated carbocycles. The second kappa shape index (κ2) is 7.24. The van der Waals surface area contributed by atoms with E-state index in [1.54, 1.807) is 11.8 Å². The smallest absolute Gasteiger partial charge is 0.293 e. The zero-order chi connectivity index (χ0) is 17.2. The molecule has 4 rings (SSSR count). The van der Waals surface area contributed by atoms with Gasteiger partial charge in [0.05, 0.1) is 10.6 Å². The molecule has 0 bridgehead atoms. The molecule has 2 heterocycles. The van der Waals surface area contributed by atoms with Crippen LogP contribution in [0.2, 0.25) is 0 Å². The Kier molecular flexibility index (Phi) is 4.84. The molecule has 1 aromatic heterocycles. The normalized spacial score (nSPS) is 23.3. The molecule has 0 radical (unpaired) electrons. The van der Waals surface area contributed by atoms with Crippen LogP contribution in [-0.2, 0) is 0 Å². The van der Waals surface area contributed by atoms with Crippen molar-refractivity contribution in [3.8, 4) is 0 Å². The first-order chi connectivity index (χ1) is 12.2. The number of carbonyl (C=O) groups excluding carboxylic acids is 1. The Morgan fingerprint density at radius 1 is 1.16 bits per heavy atom. The van der Waals surface area contributed by atoms with Gasteiger partial charge in [0, 0.05) is 17.5 Å². The van der Waals surface area contributed by atoms with Crippen LogP contribution >= 0.6 is 11.8 Å². The first kappa shape index (κ1) is 16.7. The number of nitrogens with zero attached hydrogens (tertiary/aromatic N) is 2. The number of hydrogen-bond acceptors (Lipinski definition) is 4. The number of rotatable bonds is 3. The molecule has 2 fully saturated rings. The maximum Gasteiger partial charge on any atom is 0.293 e. The van der Waals surface area contributed by atoms with E-state index < -0.39 is 0 Å². The van der Waals surface area contributed by atoms with Crippen LogP contribution in [0.1, 0.15) is 54.8 Å². The van der Waals surface area contributed by atoms with Crippen LogP contribution in [0.5, 0.6) is 0 Å². The summed E-state index contributed by atoms with van der Waals surface area (Å²) in [6, 6.07) is 10.5. The topological polar surface area (TPSA) is 46.3 Å². The molecule has 2 aromatic rings. The van der Waals surface area contributed by atoms with E-state index in [1.165, 1.54) is 25.7 Å². The monoisotopic (exact) mass is 356 g/mol. The van der Waals surface area contributed by atoms with Crippen LogP contribution in [-0.4, -0.2) is 28.6 Å². The molecular formula is C20H24N2O2S. The van der Waals surface area contributed by atoms with Crippen LogP contribution in [0.4, 0.5) is 0 Å². The van der Waals surface area contributed by atoms with Gasteiger partial charge in [-0.25, -0.2) is 0 Å². The highest BCUT2D eigenvalue weighted by Gasteiger charge is 2.38. The molecule has 4 nitrogen and oxygen atoms in total. The molecule has 2 aliphatic rings. The van der Waals surface area contributed by atoms with Crippen molar-refractivity contribution >= 4 is 17.7 Å². The number of piperidine rings is 1. The number of likely N-dealkylation sites (tertiary alicyclic amines) is 1. The van der Waals surface area contributed by atoms with Gasteiger partial charge in [0.25, 0.3) is 5.91 Å². The van der Waals surface area contributed by atoms with Gasteiger partial charge in [0.1, 0.15) is 0 Å². The second-order valence-corrected chi connectivity index (χ2v) is 8.18. The molecule has 0 N–H and O–H groups in total. The number of fused-ring (bicyclic) bond motifs is 1. The molecule has 25 heavy (non-hydrogen) atoms. The summed E-state index contributed by atoms with van der Waals surface area (Å²) in [5, 5.41) is 4.09. The minimum absolute atomic E-state index is 0.0237. The van der Waals surface area contributed by atoms with E-state index >= 15 is 0 Å². The molecule has 2 unspecified atom stereocenters. The first-order valence-corrected chi connectivity index (χ1v) is 10.1. The van der Waals surface area contributed by atoms with Crippen molar-refractivity contribution < 1.29 is 9.32 Å². The number of aryl methyl sites for hydroxylation is 1. The Labute approximate surface area is 153 Å². The summed E-state index contributed by atoms with van der Waals surface area (Å²) in [5.74, 6) is 1.11. The molecular weight excluding hydrogens is 332 g/mol. The van der Waals surface area contributed by atoms with Crippen LogP contribution in [0.25, 0.3) is 0 Å². The van der Waals surface area contributed by atoms with E-state index in [9.17, 15) is 4.79 Å². The summed E-state index contributed by atoms with van der Waals surface area (Å²) >= 11 is 1.57. The fraction of sp³-hybridized carbons (Fsp3) is 0.500. The van der Waals surface area contributed by atoms with Crippen molar-refractivity contribution in [3.63, 3.8) is 0 Å². The van der Waals surface area contributed by atoms with Crippen molar-refractivity contribution in [2.75, 3.05) is 6.54 Å². The molecule has 1 aromatic carbocycles. The summed E-state index contributed by atoms with van der Waals surface area (Å²) in [4.78, 5) is 17.3. The van der Waals surface area contributed by atoms with Gasteiger partial charge >= 0.3 is 0 Å². The third-order valence-electron chi connectivity index (χ3n) is 5.47. The first-order valence-electron chi connectivity index (χ1n) is 9.24. The Morgan fingerprint density at radius 3 is 2.76 bits per heavy atom. The summed E-state index contributed by atoms with van der Waals surface area (Å²) in [6.07, 6.45) is 7.28. The summed E-state index contributed by atoms with van der Waals surface area (Å²) in [5.41, 5.74) is 0.786. The predicted molar refractivity (Wildman–Crippen MR) is 97.8 cm³/mol. The zero-order valence-electron chi connectivity index (χ0n) is 14.6. The minimum atomic E-state index is 0.0237. The molecule has 2 atom stereocenters. The van der Waals surface area contributed by atoms with Crippen molar-refractivity contribution in [3.05, 3.63) is 41.8 Å². The Morgan fingerprint density at radius 2 is 1.92 bits per heavy atom. The van der Waals surface area contributed by atoms with Crippen molar-refractivity contribution in [2.24, 2.45) is 5.92 Å². The lowest BCUT2D eigenvalue weighted by atomic mass is 9.78. The van der Waals surface area contributed by atoms with Crippen LogP contribution < -0.4 is 0 Å². The maximum atomic E-state index is 13.3. The number of benzene rings is 1. The highest BCUT2D eigenvalue weighted by molar-refractivity contribution is 7.99. The van der Waals surface area contributed by atoms with Gasteiger partial charge in [-0.15, -0.1) is 0 Å². The van der Waals surface area contributed by atoms with Gasteiger partial charge in [-0.2, -0.15) is 0 Å². The molecule has 1 saturated heterocycles. The van der Waals surface area contributed by atoms with Gasteiger partial charge in [-0.3, -0.25) is 4.79 Å². The lowest BCUT2D eigenvalue weighted by Crippen LogP contribution is -2.49. The van der Waals surface area contributed by atoms with Crippen LogP contribution in [0.3, 0.4) is 0 Å². The molecule has 5 heteroatoms. The summed E-state index contributed by atoms with van der Waals surface area (Å²) in [7, 11) is 0. The average Bonchev–Trinajstić information content (AvgIpc) is 3.02. The van der Waals surface area contributed by atoms with E-state index in [0.717, 1.165) is 34.9 Å². The maximum absolute atomic E-state index is 13.3. The zero-order valence-corrected chi connectivity index (χ0v) is 15.4. The largest absolute Gasteiger partial charge is 0.349 e. The third kappa shape index (κ3) is 3.34. The summed E-state index contributed by atoms with van der Waals surface area (Å²) < 4.78 is 5.50. The highest BCUT2D eigenvalue weighted by Crippen LogP contribution is 2.38. The van der Waals surface area contributed by atoms with Gasteiger partial charge in [0.2, 0.25) is 5.76 Å².